The smallest absolute Gasteiger partial charge is 0.150 e. The van der Waals surface area contributed by atoms with Crippen LogP contribution in [0.5, 0.6) is 0 Å². The van der Waals surface area contributed by atoms with Crippen LogP contribution < -0.4 is 0 Å². The molecule has 0 saturated heterocycles. The van der Waals surface area contributed by atoms with Gasteiger partial charge in [-0.2, -0.15) is 0 Å². The molecule has 0 radical (unpaired) electrons. The van der Waals surface area contributed by atoms with Crippen molar-refractivity contribution in [2.75, 3.05) is 5.75 Å². The Bertz CT molecular complexity index is 925. The van der Waals surface area contributed by atoms with Gasteiger partial charge in [-0.3, -0.25) is 4.79 Å². The van der Waals surface area contributed by atoms with Crippen LogP contribution >= 0.6 is 11.8 Å². The van der Waals surface area contributed by atoms with Gasteiger partial charge >= 0.3 is 0 Å². The van der Waals surface area contributed by atoms with Crippen molar-refractivity contribution in [3.63, 3.8) is 0 Å². The van der Waals surface area contributed by atoms with Crippen molar-refractivity contribution in [3.05, 3.63) is 100 Å². The van der Waals surface area contributed by atoms with Crippen molar-refractivity contribution in [3.8, 4) is 0 Å². The van der Waals surface area contributed by atoms with E-state index in [1.807, 2.05) is 23.9 Å². The normalized spacial score (nSPS) is 19.0. The minimum atomic E-state index is 0.315. The SMILES string of the molecule is Cc1ccc(C2CSc3cc(C)ccc3C2c2ccc(C=O)cc2)cc1. The zero-order valence-corrected chi connectivity index (χ0v) is 15.9. The molecule has 1 aliphatic rings. The summed E-state index contributed by atoms with van der Waals surface area (Å²) in [6.07, 6.45) is 0.912. The van der Waals surface area contributed by atoms with Gasteiger partial charge in [-0.15, -0.1) is 11.8 Å². The third kappa shape index (κ3) is 3.22. The summed E-state index contributed by atoms with van der Waals surface area (Å²) in [5, 5.41) is 0. The van der Waals surface area contributed by atoms with E-state index in [0.29, 0.717) is 11.8 Å². The molecule has 2 atom stereocenters. The Balaban J connectivity index is 1.83. The Kier molecular flexibility index (Phi) is 4.69. The highest BCUT2D eigenvalue weighted by Crippen LogP contribution is 2.49. The molecular formula is C24H22OS. The first kappa shape index (κ1) is 17.1. The molecule has 4 rings (SSSR count). The molecule has 0 fully saturated rings. The lowest BCUT2D eigenvalue weighted by molar-refractivity contribution is 0.112. The van der Waals surface area contributed by atoms with E-state index in [1.165, 1.54) is 32.7 Å². The van der Waals surface area contributed by atoms with Crippen molar-refractivity contribution >= 4 is 18.0 Å². The zero-order chi connectivity index (χ0) is 18.1. The third-order valence-corrected chi connectivity index (χ3v) is 6.45. The highest BCUT2D eigenvalue weighted by atomic mass is 32.2. The topological polar surface area (TPSA) is 17.1 Å². The monoisotopic (exact) mass is 358 g/mol. The Morgan fingerprint density at radius 1 is 0.846 bits per heavy atom. The summed E-state index contributed by atoms with van der Waals surface area (Å²) in [5.74, 6) is 1.81. The molecule has 1 heterocycles. The van der Waals surface area contributed by atoms with Crippen molar-refractivity contribution in [2.45, 2.75) is 30.6 Å². The average Bonchev–Trinajstić information content (AvgIpc) is 2.68. The quantitative estimate of drug-likeness (QED) is 0.523. The molecule has 3 aromatic carbocycles. The molecule has 0 bridgehead atoms. The zero-order valence-electron chi connectivity index (χ0n) is 15.1. The summed E-state index contributed by atoms with van der Waals surface area (Å²) >= 11 is 1.96. The van der Waals surface area contributed by atoms with Gasteiger partial charge in [0.05, 0.1) is 0 Å². The van der Waals surface area contributed by atoms with Crippen molar-refractivity contribution in [1.29, 1.82) is 0 Å². The first-order valence-corrected chi connectivity index (χ1v) is 9.99. The maximum Gasteiger partial charge on any atom is 0.150 e. The summed E-state index contributed by atoms with van der Waals surface area (Å²) in [4.78, 5) is 12.4. The summed E-state index contributed by atoms with van der Waals surface area (Å²) in [6, 6.07) is 23.9. The Hall–Kier alpha value is -2.32. The van der Waals surface area contributed by atoms with Crippen molar-refractivity contribution < 1.29 is 4.79 Å². The molecule has 1 aliphatic heterocycles. The van der Waals surface area contributed by atoms with Crippen LogP contribution in [-0.4, -0.2) is 12.0 Å². The van der Waals surface area contributed by atoms with Gasteiger partial charge in [0.2, 0.25) is 0 Å². The van der Waals surface area contributed by atoms with E-state index in [4.69, 9.17) is 0 Å². The number of aryl methyl sites for hydroxylation is 2. The fourth-order valence-electron chi connectivity index (χ4n) is 3.81. The Morgan fingerprint density at radius 2 is 1.50 bits per heavy atom. The lowest BCUT2D eigenvalue weighted by Gasteiger charge is -2.34. The van der Waals surface area contributed by atoms with Gasteiger partial charge in [0.15, 0.2) is 0 Å². The molecule has 0 N–H and O–H groups in total. The molecule has 0 aliphatic carbocycles. The third-order valence-electron chi connectivity index (χ3n) is 5.26. The molecule has 0 amide bonds. The van der Waals surface area contributed by atoms with Crippen molar-refractivity contribution in [1.82, 2.24) is 0 Å². The second-order valence-electron chi connectivity index (χ2n) is 7.13. The Morgan fingerprint density at radius 3 is 2.19 bits per heavy atom. The van der Waals surface area contributed by atoms with Gasteiger partial charge in [-0.05, 0) is 42.2 Å². The van der Waals surface area contributed by atoms with Gasteiger partial charge in [0.1, 0.15) is 6.29 Å². The number of thioether (sulfide) groups is 1. The summed E-state index contributed by atoms with van der Waals surface area (Å²) in [7, 11) is 0. The average molecular weight is 359 g/mol. The van der Waals surface area contributed by atoms with E-state index in [9.17, 15) is 4.79 Å². The number of benzene rings is 3. The summed E-state index contributed by atoms with van der Waals surface area (Å²) in [5.41, 5.74) is 7.40. The highest BCUT2D eigenvalue weighted by molar-refractivity contribution is 7.99. The molecule has 0 aromatic heterocycles. The fourth-order valence-corrected chi connectivity index (χ4v) is 5.19. The van der Waals surface area contributed by atoms with E-state index in [0.717, 1.165) is 17.6 Å². The lowest BCUT2D eigenvalue weighted by Crippen LogP contribution is -2.20. The predicted octanol–water partition coefficient (Wildman–Crippen LogP) is 6.14. The summed E-state index contributed by atoms with van der Waals surface area (Å²) in [6.45, 7) is 4.29. The number of aldehydes is 1. The standard InChI is InChI=1S/C24H22OS/c1-16-3-8-19(9-4-16)22-15-26-23-13-17(2)5-12-21(23)24(22)20-10-6-18(14-25)7-11-20/h3-14,22,24H,15H2,1-2H3. The lowest BCUT2D eigenvalue weighted by atomic mass is 9.77. The second kappa shape index (κ2) is 7.13. The van der Waals surface area contributed by atoms with Crippen LogP contribution in [0.2, 0.25) is 0 Å². The maximum absolute atomic E-state index is 11.0. The van der Waals surface area contributed by atoms with E-state index >= 15 is 0 Å². The van der Waals surface area contributed by atoms with Gasteiger partial charge < -0.3 is 0 Å². The van der Waals surface area contributed by atoms with E-state index in [2.05, 4.69) is 68.4 Å². The van der Waals surface area contributed by atoms with E-state index in [-0.39, 0.29) is 0 Å². The first-order valence-electron chi connectivity index (χ1n) is 9.01. The second-order valence-corrected chi connectivity index (χ2v) is 8.19. The molecule has 1 nitrogen and oxygen atoms in total. The number of carbonyl (C=O) groups excluding carboxylic acids is 1. The van der Waals surface area contributed by atoms with Gasteiger partial charge in [0.25, 0.3) is 0 Å². The molecular weight excluding hydrogens is 336 g/mol. The van der Waals surface area contributed by atoms with Gasteiger partial charge in [-0.1, -0.05) is 66.2 Å². The number of carbonyl (C=O) groups is 1. The van der Waals surface area contributed by atoms with Crippen LogP contribution in [0, 0.1) is 13.8 Å². The van der Waals surface area contributed by atoms with Crippen molar-refractivity contribution in [2.24, 2.45) is 0 Å². The minimum absolute atomic E-state index is 0.315. The molecule has 26 heavy (non-hydrogen) atoms. The van der Waals surface area contributed by atoms with E-state index < -0.39 is 0 Å². The van der Waals surface area contributed by atoms with Crippen LogP contribution in [0.15, 0.2) is 71.6 Å². The number of hydrogen-bond donors (Lipinski definition) is 0. The van der Waals surface area contributed by atoms with Crippen LogP contribution in [0.4, 0.5) is 0 Å². The molecule has 0 spiro atoms. The maximum atomic E-state index is 11.0. The minimum Gasteiger partial charge on any atom is -0.298 e. The number of rotatable bonds is 3. The first-order chi connectivity index (χ1) is 12.7. The number of fused-ring (bicyclic) bond motifs is 1. The molecule has 130 valence electrons. The molecule has 0 saturated carbocycles. The number of hydrogen-bond acceptors (Lipinski definition) is 2. The Labute approximate surface area is 159 Å². The predicted molar refractivity (Wildman–Crippen MR) is 109 cm³/mol. The van der Waals surface area contributed by atoms with Crippen LogP contribution in [0.1, 0.15) is 50.0 Å². The molecule has 3 aromatic rings. The van der Waals surface area contributed by atoms with Crippen LogP contribution in [0.3, 0.4) is 0 Å². The molecule has 2 heteroatoms. The van der Waals surface area contributed by atoms with Gasteiger partial charge in [-0.25, -0.2) is 0 Å². The summed E-state index contributed by atoms with van der Waals surface area (Å²) < 4.78 is 0. The molecule has 2 unspecified atom stereocenters. The van der Waals surface area contributed by atoms with Gasteiger partial charge in [0, 0.05) is 28.0 Å². The fraction of sp³-hybridized carbons (Fsp3) is 0.208. The largest absolute Gasteiger partial charge is 0.298 e. The highest BCUT2D eigenvalue weighted by Gasteiger charge is 2.32. The van der Waals surface area contributed by atoms with Crippen LogP contribution in [0.25, 0.3) is 0 Å². The van der Waals surface area contributed by atoms with Crippen LogP contribution in [-0.2, 0) is 0 Å². The van der Waals surface area contributed by atoms with E-state index in [1.54, 1.807) is 0 Å².